The van der Waals surface area contributed by atoms with Crippen molar-refractivity contribution < 1.29 is 13.9 Å². The van der Waals surface area contributed by atoms with Crippen molar-refractivity contribution in [1.29, 1.82) is 0 Å². The standard InChI is InChI=1S/C9H9BrFNO2/c1-14-8(11)5-2-3-7(10)6(4-5)9(12)13/h2-4,8H,1H3,(H2,12,13). The lowest BCUT2D eigenvalue weighted by molar-refractivity contribution is -0.00664. The molecule has 76 valence electrons. The van der Waals surface area contributed by atoms with Gasteiger partial charge in [-0.1, -0.05) is 6.07 Å². The van der Waals surface area contributed by atoms with Crippen molar-refractivity contribution in [3.05, 3.63) is 33.8 Å². The van der Waals surface area contributed by atoms with Crippen LogP contribution in [0.5, 0.6) is 0 Å². The Morgan fingerprint density at radius 3 is 2.79 bits per heavy atom. The molecule has 5 heteroatoms. The molecule has 0 aromatic heterocycles. The summed E-state index contributed by atoms with van der Waals surface area (Å²) in [6, 6.07) is 4.44. The fourth-order valence-corrected chi connectivity index (χ4v) is 1.45. The van der Waals surface area contributed by atoms with Gasteiger partial charge in [0.25, 0.3) is 0 Å². The number of amides is 1. The number of primary amides is 1. The van der Waals surface area contributed by atoms with Gasteiger partial charge >= 0.3 is 0 Å². The lowest BCUT2D eigenvalue weighted by Crippen LogP contribution is -2.12. The first kappa shape index (κ1) is 11.1. The highest BCUT2D eigenvalue weighted by Crippen LogP contribution is 2.24. The fourth-order valence-electron chi connectivity index (χ4n) is 1.01. The van der Waals surface area contributed by atoms with Crippen LogP contribution in [0.3, 0.4) is 0 Å². The summed E-state index contributed by atoms with van der Waals surface area (Å²) in [7, 11) is 1.25. The van der Waals surface area contributed by atoms with Crippen molar-refractivity contribution in [2.24, 2.45) is 5.73 Å². The highest BCUT2D eigenvalue weighted by molar-refractivity contribution is 9.10. The normalized spacial score (nSPS) is 12.5. The third-order valence-corrected chi connectivity index (χ3v) is 2.42. The largest absolute Gasteiger partial charge is 0.366 e. The molecule has 14 heavy (non-hydrogen) atoms. The first-order chi connectivity index (χ1) is 6.56. The third kappa shape index (κ3) is 2.30. The molecule has 1 amide bonds. The van der Waals surface area contributed by atoms with Crippen LogP contribution in [0.25, 0.3) is 0 Å². The molecule has 1 rings (SSSR count). The zero-order valence-electron chi connectivity index (χ0n) is 7.46. The molecule has 0 radical (unpaired) electrons. The summed E-state index contributed by atoms with van der Waals surface area (Å²) in [5.41, 5.74) is 5.60. The molecule has 0 spiro atoms. The molecule has 0 heterocycles. The number of carbonyl (C=O) groups is 1. The van der Waals surface area contributed by atoms with Gasteiger partial charge in [-0.05, 0) is 28.1 Å². The second-order valence-electron chi connectivity index (χ2n) is 2.66. The van der Waals surface area contributed by atoms with Gasteiger partial charge in [-0.25, -0.2) is 4.39 Å². The van der Waals surface area contributed by atoms with Crippen LogP contribution in [0.15, 0.2) is 22.7 Å². The minimum atomic E-state index is -1.54. The summed E-state index contributed by atoms with van der Waals surface area (Å²) < 4.78 is 18.1. The number of benzene rings is 1. The molecule has 1 atom stereocenters. The van der Waals surface area contributed by atoms with Gasteiger partial charge in [0.1, 0.15) is 0 Å². The van der Waals surface area contributed by atoms with Crippen molar-refractivity contribution in [3.8, 4) is 0 Å². The third-order valence-electron chi connectivity index (χ3n) is 1.72. The molecule has 1 aromatic carbocycles. The topological polar surface area (TPSA) is 52.3 Å². The number of halogens is 2. The maximum atomic E-state index is 13.0. The fraction of sp³-hybridized carbons (Fsp3) is 0.222. The van der Waals surface area contributed by atoms with E-state index in [9.17, 15) is 9.18 Å². The van der Waals surface area contributed by atoms with Crippen LogP contribution >= 0.6 is 15.9 Å². The van der Waals surface area contributed by atoms with E-state index in [-0.39, 0.29) is 11.1 Å². The van der Waals surface area contributed by atoms with E-state index in [2.05, 4.69) is 20.7 Å². The van der Waals surface area contributed by atoms with E-state index in [0.717, 1.165) is 0 Å². The Labute approximate surface area is 89.2 Å². The van der Waals surface area contributed by atoms with Crippen molar-refractivity contribution in [3.63, 3.8) is 0 Å². The average Bonchev–Trinajstić information content (AvgIpc) is 2.17. The SMILES string of the molecule is COC(F)c1ccc(Br)c(C(N)=O)c1. The molecule has 3 nitrogen and oxygen atoms in total. The number of ether oxygens (including phenoxy) is 1. The lowest BCUT2D eigenvalue weighted by Gasteiger charge is -2.08. The molecular formula is C9H9BrFNO2. The summed E-state index contributed by atoms with van der Waals surface area (Å²) in [5, 5.41) is 0. The van der Waals surface area contributed by atoms with E-state index in [0.29, 0.717) is 4.47 Å². The van der Waals surface area contributed by atoms with Crippen molar-refractivity contribution in [1.82, 2.24) is 0 Å². The quantitative estimate of drug-likeness (QED) is 0.907. The number of carbonyl (C=O) groups excluding carboxylic acids is 1. The van der Waals surface area contributed by atoms with Crippen molar-refractivity contribution >= 4 is 21.8 Å². The summed E-state index contributed by atoms with van der Waals surface area (Å²) in [5.74, 6) is -0.609. The number of alkyl halides is 1. The molecule has 1 unspecified atom stereocenters. The zero-order chi connectivity index (χ0) is 10.7. The second kappa shape index (κ2) is 4.52. The minimum Gasteiger partial charge on any atom is -0.366 e. The van der Waals surface area contributed by atoms with E-state index in [1.54, 1.807) is 6.07 Å². The minimum absolute atomic E-state index is 0.238. The number of rotatable bonds is 3. The van der Waals surface area contributed by atoms with Gasteiger partial charge in [0.2, 0.25) is 12.3 Å². The molecule has 0 bridgehead atoms. The molecule has 1 aromatic rings. The lowest BCUT2D eigenvalue weighted by atomic mass is 10.1. The first-order valence-corrected chi connectivity index (χ1v) is 4.61. The predicted octanol–water partition coefficient (Wildman–Crippen LogP) is 2.16. The van der Waals surface area contributed by atoms with Gasteiger partial charge < -0.3 is 10.5 Å². The van der Waals surface area contributed by atoms with Crippen LogP contribution in [-0.2, 0) is 4.74 Å². The molecule has 0 fully saturated rings. The van der Waals surface area contributed by atoms with E-state index in [1.807, 2.05) is 0 Å². The molecule has 0 aliphatic rings. The van der Waals surface area contributed by atoms with Crippen LogP contribution in [0, 0.1) is 0 Å². The van der Waals surface area contributed by atoms with Gasteiger partial charge in [0.15, 0.2) is 0 Å². The first-order valence-electron chi connectivity index (χ1n) is 3.82. The number of hydrogen-bond donors (Lipinski definition) is 1. The number of methoxy groups -OCH3 is 1. The molecule has 0 saturated heterocycles. The monoisotopic (exact) mass is 261 g/mol. The molecular weight excluding hydrogens is 253 g/mol. The Morgan fingerprint density at radius 1 is 1.64 bits per heavy atom. The molecule has 0 saturated carbocycles. The van der Waals surface area contributed by atoms with Crippen molar-refractivity contribution in [2.45, 2.75) is 6.36 Å². The van der Waals surface area contributed by atoms with Gasteiger partial charge in [-0.3, -0.25) is 4.79 Å². The van der Waals surface area contributed by atoms with Crippen LogP contribution in [0.2, 0.25) is 0 Å². The van der Waals surface area contributed by atoms with E-state index in [1.165, 1.54) is 19.2 Å². The number of hydrogen-bond acceptors (Lipinski definition) is 2. The van der Waals surface area contributed by atoms with Crippen molar-refractivity contribution in [2.75, 3.05) is 7.11 Å². The zero-order valence-corrected chi connectivity index (χ0v) is 9.05. The number of nitrogens with two attached hydrogens (primary N) is 1. The Morgan fingerprint density at radius 2 is 2.29 bits per heavy atom. The van der Waals surface area contributed by atoms with Crippen LogP contribution < -0.4 is 5.73 Å². The van der Waals surface area contributed by atoms with Crippen LogP contribution in [0.1, 0.15) is 22.3 Å². The smallest absolute Gasteiger partial charge is 0.249 e. The molecule has 0 aliphatic heterocycles. The summed E-state index contributed by atoms with van der Waals surface area (Å²) in [4.78, 5) is 10.9. The van der Waals surface area contributed by atoms with Gasteiger partial charge in [0, 0.05) is 17.1 Å². The maximum absolute atomic E-state index is 13.0. The Kier molecular flexibility index (Phi) is 3.60. The Hall–Kier alpha value is -0.940. The Balaban J connectivity index is 3.12. The van der Waals surface area contributed by atoms with E-state index >= 15 is 0 Å². The predicted molar refractivity (Wildman–Crippen MR) is 53.5 cm³/mol. The van der Waals surface area contributed by atoms with E-state index < -0.39 is 12.3 Å². The average molecular weight is 262 g/mol. The van der Waals surface area contributed by atoms with Gasteiger partial charge in [-0.2, -0.15) is 0 Å². The summed E-state index contributed by atoms with van der Waals surface area (Å²) >= 11 is 3.14. The van der Waals surface area contributed by atoms with Crippen LogP contribution in [0.4, 0.5) is 4.39 Å². The molecule has 0 aliphatic carbocycles. The Bertz CT molecular complexity index is 357. The van der Waals surface area contributed by atoms with E-state index in [4.69, 9.17) is 5.73 Å². The molecule has 2 N–H and O–H groups in total. The maximum Gasteiger partial charge on any atom is 0.249 e. The van der Waals surface area contributed by atoms with Crippen LogP contribution in [-0.4, -0.2) is 13.0 Å². The summed E-state index contributed by atoms with van der Waals surface area (Å²) in [6.45, 7) is 0. The highest BCUT2D eigenvalue weighted by atomic mass is 79.9. The second-order valence-corrected chi connectivity index (χ2v) is 3.51. The summed E-state index contributed by atoms with van der Waals surface area (Å²) in [6.07, 6.45) is -1.54. The van der Waals surface area contributed by atoms with Gasteiger partial charge in [-0.15, -0.1) is 0 Å². The highest BCUT2D eigenvalue weighted by Gasteiger charge is 2.12. The van der Waals surface area contributed by atoms with Gasteiger partial charge in [0.05, 0.1) is 5.56 Å².